The fourth-order valence-corrected chi connectivity index (χ4v) is 5.78. The van der Waals surface area contributed by atoms with Gasteiger partial charge in [0.1, 0.15) is 7.11 Å². The van der Waals surface area contributed by atoms with E-state index in [1.807, 2.05) is 0 Å². The summed E-state index contributed by atoms with van der Waals surface area (Å²) in [6, 6.07) is 8.52. The summed E-state index contributed by atoms with van der Waals surface area (Å²) in [5.74, 6) is -2.90. The van der Waals surface area contributed by atoms with Crippen molar-refractivity contribution in [1.29, 1.82) is 0 Å². The predicted molar refractivity (Wildman–Crippen MR) is 185 cm³/mol. The van der Waals surface area contributed by atoms with Gasteiger partial charge >= 0.3 is 18.0 Å². The highest BCUT2D eigenvalue weighted by molar-refractivity contribution is 7.15. The number of anilines is 8. The second kappa shape index (κ2) is 15.2. The molecule has 1 aromatic carbocycles. The second-order valence-corrected chi connectivity index (χ2v) is 11.9. The minimum atomic E-state index is -1.10. The van der Waals surface area contributed by atoms with E-state index in [1.165, 1.54) is 68.0 Å². The number of ketones is 1. The predicted octanol–water partition coefficient (Wildman–Crippen LogP) is 4.24. The first-order valence-electron chi connectivity index (χ1n) is 14.5. The SMILES string of the molecule is CO/N=C(/c1csc(NC(C)=O)c1)c1nnc(Nc2nc(Nc3ccc(C(=O)O)cc3)nc(Nc3nnc(C(=O)c4csc(NC(C)=O)c4)o3)n2)o1. The van der Waals surface area contributed by atoms with Gasteiger partial charge in [-0.2, -0.15) is 15.0 Å². The second-order valence-electron chi connectivity index (χ2n) is 10.1. The van der Waals surface area contributed by atoms with Crippen LogP contribution in [0, 0.1) is 0 Å². The minimum absolute atomic E-state index is 0.0344. The molecule has 0 unspecified atom stereocenters. The first-order chi connectivity index (χ1) is 25.0. The van der Waals surface area contributed by atoms with E-state index < -0.39 is 11.8 Å². The van der Waals surface area contributed by atoms with Crippen LogP contribution < -0.4 is 26.6 Å². The standard InChI is InChI=1S/C29H23N13O8S2/c1-12(43)30-18-8-15(10-51-18)20(42-48-3)22-38-40-28(49-22)36-26-33-25(32-17-6-4-14(5-7-17)24(46)47)34-27(35-26)37-29-41-39-23(50-29)21(45)16-9-19(52-11-16)31-13(2)44/h4-11H,1-3H3,(H,30,43)(H,31,44)(H,46,47)(H3,32,33,34,35,36,37,40,41)/b42-20-. The number of aromatic carboxylic acids is 1. The number of hydrogen-bond donors (Lipinski definition) is 6. The Morgan fingerprint density at radius 2 is 1.23 bits per heavy atom. The van der Waals surface area contributed by atoms with Crippen molar-refractivity contribution in [2.45, 2.75) is 13.8 Å². The summed E-state index contributed by atoms with van der Waals surface area (Å²) in [5.41, 5.74) is 1.43. The summed E-state index contributed by atoms with van der Waals surface area (Å²) in [4.78, 5) is 64.9. The lowest BCUT2D eigenvalue weighted by Gasteiger charge is -2.09. The number of thiophene rings is 2. The zero-order chi connectivity index (χ0) is 36.8. The van der Waals surface area contributed by atoms with E-state index in [9.17, 15) is 24.3 Å². The first kappa shape index (κ1) is 34.7. The fraction of sp³-hybridized carbons (Fsp3) is 0.103. The number of aromatic nitrogens is 7. The quantitative estimate of drug-likeness (QED) is 0.0516. The van der Waals surface area contributed by atoms with Crippen molar-refractivity contribution in [3.63, 3.8) is 0 Å². The maximum Gasteiger partial charge on any atom is 0.335 e. The van der Waals surface area contributed by atoms with E-state index in [2.05, 4.69) is 67.1 Å². The van der Waals surface area contributed by atoms with Crippen molar-refractivity contribution in [1.82, 2.24) is 35.3 Å². The largest absolute Gasteiger partial charge is 0.478 e. The Morgan fingerprint density at radius 1 is 0.712 bits per heavy atom. The number of carbonyl (C=O) groups excluding carboxylic acids is 3. The third-order valence-electron chi connectivity index (χ3n) is 6.22. The summed E-state index contributed by atoms with van der Waals surface area (Å²) < 4.78 is 11.3. The third-order valence-corrected chi connectivity index (χ3v) is 7.91. The van der Waals surface area contributed by atoms with Crippen LogP contribution in [0.15, 0.2) is 61.1 Å². The molecule has 52 heavy (non-hydrogen) atoms. The van der Waals surface area contributed by atoms with Crippen LogP contribution in [-0.2, 0) is 14.4 Å². The summed E-state index contributed by atoms with van der Waals surface area (Å²) in [7, 11) is 1.34. The van der Waals surface area contributed by atoms with Gasteiger partial charge in [-0.25, -0.2) is 4.79 Å². The number of hydrogen-bond acceptors (Lipinski definition) is 20. The Kier molecular flexibility index (Phi) is 10.1. The lowest BCUT2D eigenvalue weighted by atomic mass is 10.2. The molecule has 0 bridgehead atoms. The molecule has 21 nitrogen and oxygen atoms in total. The third kappa shape index (κ3) is 8.52. The number of nitrogens with one attached hydrogen (secondary N) is 5. The van der Waals surface area contributed by atoms with Crippen LogP contribution in [0.4, 0.5) is 45.6 Å². The molecule has 0 spiro atoms. The van der Waals surface area contributed by atoms with Gasteiger partial charge in [0.05, 0.1) is 15.6 Å². The van der Waals surface area contributed by atoms with Gasteiger partial charge in [-0.1, -0.05) is 15.4 Å². The van der Waals surface area contributed by atoms with Crippen LogP contribution in [0.1, 0.15) is 51.9 Å². The molecule has 6 rings (SSSR count). The number of rotatable bonds is 14. The molecule has 5 heterocycles. The normalized spacial score (nSPS) is 11.1. The van der Waals surface area contributed by atoms with E-state index in [0.717, 1.165) is 11.3 Å². The Balaban J connectivity index is 1.25. The zero-order valence-electron chi connectivity index (χ0n) is 26.8. The Bertz CT molecular complexity index is 2310. The average Bonchev–Trinajstić information content (AvgIpc) is 3.92. The number of amides is 2. The molecule has 0 atom stereocenters. The maximum absolute atomic E-state index is 12.9. The fourth-order valence-electron chi connectivity index (χ4n) is 4.12. The summed E-state index contributed by atoms with van der Waals surface area (Å²) in [6.07, 6.45) is 0. The van der Waals surface area contributed by atoms with Crippen LogP contribution in [0.25, 0.3) is 0 Å². The van der Waals surface area contributed by atoms with Crippen LogP contribution in [0.5, 0.6) is 0 Å². The molecule has 0 aliphatic heterocycles. The number of carbonyl (C=O) groups is 4. The van der Waals surface area contributed by atoms with Crippen LogP contribution in [-0.4, -0.2) is 76.8 Å². The molecule has 6 aromatic rings. The van der Waals surface area contributed by atoms with Crippen molar-refractivity contribution in [2.75, 3.05) is 33.7 Å². The first-order valence-corrected chi connectivity index (χ1v) is 16.2. The Hall–Kier alpha value is -7.14. The molecule has 23 heteroatoms. The molecule has 2 amide bonds. The van der Waals surface area contributed by atoms with Crippen LogP contribution >= 0.6 is 22.7 Å². The maximum atomic E-state index is 12.9. The molecule has 264 valence electrons. The molecule has 0 fully saturated rings. The van der Waals surface area contributed by atoms with Crippen molar-refractivity contribution in [2.24, 2.45) is 5.16 Å². The summed E-state index contributed by atoms with van der Waals surface area (Å²) >= 11 is 2.41. The van der Waals surface area contributed by atoms with E-state index >= 15 is 0 Å². The number of oxime groups is 1. The highest BCUT2D eigenvalue weighted by Crippen LogP contribution is 2.26. The molecular formula is C29H23N13O8S2. The van der Waals surface area contributed by atoms with Gasteiger partial charge < -0.3 is 34.7 Å². The summed E-state index contributed by atoms with van der Waals surface area (Å²) in [5, 5.41) is 46.9. The van der Waals surface area contributed by atoms with Gasteiger partial charge in [-0.05, 0) is 36.4 Å². The van der Waals surface area contributed by atoms with E-state index in [-0.39, 0.29) is 70.3 Å². The lowest BCUT2D eigenvalue weighted by Crippen LogP contribution is -2.08. The van der Waals surface area contributed by atoms with E-state index in [1.54, 1.807) is 11.4 Å². The van der Waals surface area contributed by atoms with Crippen LogP contribution in [0.2, 0.25) is 0 Å². The number of carboxylic acid groups (broad SMARTS) is 1. The van der Waals surface area contributed by atoms with Gasteiger partial charge in [0.15, 0.2) is 5.71 Å². The van der Waals surface area contributed by atoms with Gasteiger partial charge in [0, 0.05) is 41.4 Å². The van der Waals surface area contributed by atoms with Gasteiger partial charge in [0.25, 0.3) is 17.6 Å². The molecule has 5 aromatic heterocycles. The van der Waals surface area contributed by atoms with Gasteiger partial charge in [-0.15, -0.1) is 32.9 Å². The molecule has 0 aliphatic carbocycles. The van der Waals surface area contributed by atoms with E-state index in [4.69, 9.17) is 13.7 Å². The van der Waals surface area contributed by atoms with Crippen molar-refractivity contribution in [3.05, 3.63) is 75.6 Å². The molecule has 0 aliphatic rings. The molecule has 0 radical (unpaired) electrons. The lowest BCUT2D eigenvalue weighted by molar-refractivity contribution is -0.115. The summed E-state index contributed by atoms with van der Waals surface area (Å²) in [6.45, 7) is 2.73. The van der Waals surface area contributed by atoms with Gasteiger partial charge in [0.2, 0.25) is 29.7 Å². The number of nitrogens with zero attached hydrogens (tertiary/aromatic N) is 8. The van der Waals surface area contributed by atoms with Crippen molar-refractivity contribution in [3.8, 4) is 0 Å². The number of carboxylic acids is 1. The topological polar surface area (TPSA) is 287 Å². The molecule has 0 saturated heterocycles. The van der Waals surface area contributed by atoms with Crippen molar-refractivity contribution >= 4 is 97.5 Å². The molecule has 6 N–H and O–H groups in total. The average molecular weight is 746 g/mol. The van der Waals surface area contributed by atoms with Crippen LogP contribution in [0.3, 0.4) is 0 Å². The molecular weight excluding hydrogens is 723 g/mol. The number of benzene rings is 1. The Labute approximate surface area is 298 Å². The zero-order valence-corrected chi connectivity index (χ0v) is 28.5. The molecule has 0 saturated carbocycles. The van der Waals surface area contributed by atoms with Crippen molar-refractivity contribution < 1.29 is 38.0 Å². The minimum Gasteiger partial charge on any atom is -0.478 e. The highest BCUT2D eigenvalue weighted by Gasteiger charge is 2.22. The highest BCUT2D eigenvalue weighted by atomic mass is 32.1. The Morgan fingerprint density at radius 3 is 1.79 bits per heavy atom. The monoisotopic (exact) mass is 745 g/mol. The van der Waals surface area contributed by atoms with E-state index in [0.29, 0.717) is 21.3 Å². The van der Waals surface area contributed by atoms with Gasteiger partial charge in [-0.3, -0.25) is 25.0 Å². The smallest absolute Gasteiger partial charge is 0.335 e.